The first-order valence-electron chi connectivity index (χ1n) is 9.63. The molecule has 1 aliphatic carbocycles. The lowest BCUT2D eigenvalue weighted by molar-refractivity contribution is 0.305. The minimum atomic E-state index is -0.414. The molecule has 1 aliphatic heterocycles. The molecule has 0 atom stereocenters. The summed E-state index contributed by atoms with van der Waals surface area (Å²) in [5.41, 5.74) is 13.9. The SMILES string of the molecule is NC1=NC2(CCCCC2)N(c2ccc(SCc3ccc(Cl)c(Cl)c3)cc2)C(N)=N1. The number of hydrogen-bond acceptors (Lipinski definition) is 6. The number of aliphatic imine (C=N–C) groups is 2. The van der Waals surface area contributed by atoms with Gasteiger partial charge in [-0.1, -0.05) is 35.7 Å². The van der Waals surface area contributed by atoms with Crippen LogP contribution in [-0.2, 0) is 5.75 Å². The van der Waals surface area contributed by atoms with Gasteiger partial charge in [0, 0.05) is 16.3 Å². The van der Waals surface area contributed by atoms with Crippen LogP contribution in [0.5, 0.6) is 0 Å². The lowest BCUT2D eigenvalue weighted by atomic mass is 9.87. The first kappa shape index (κ1) is 20.4. The minimum Gasteiger partial charge on any atom is -0.369 e. The van der Waals surface area contributed by atoms with Gasteiger partial charge < -0.3 is 11.5 Å². The summed E-state index contributed by atoms with van der Waals surface area (Å²) in [5.74, 6) is 1.50. The molecule has 0 unspecified atom stereocenters. The maximum Gasteiger partial charge on any atom is 0.220 e. The summed E-state index contributed by atoms with van der Waals surface area (Å²) >= 11 is 13.8. The third kappa shape index (κ3) is 4.34. The summed E-state index contributed by atoms with van der Waals surface area (Å²) in [6.07, 6.45) is 5.29. The Morgan fingerprint density at radius 3 is 2.38 bits per heavy atom. The monoisotopic (exact) mass is 447 g/mol. The Labute approximate surface area is 185 Å². The topological polar surface area (TPSA) is 80.0 Å². The highest BCUT2D eigenvalue weighted by molar-refractivity contribution is 7.98. The Morgan fingerprint density at radius 2 is 1.69 bits per heavy atom. The van der Waals surface area contributed by atoms with Crippen LogP contribution in [0.1, 0.15) is 37.7 Å². The lowest BCUT2D eigenvalue weighted by Gasteiger charge is -2.45. The summed E-state index contributed by atoms with van der Waals surface area (Å²) in [4.78, 5) is 12.2. The number of nitrogens with two attached hydrogens (primary N) is 2. The van der Waals surface area contributed by atoms with Crippen molar-refractivity contribution in [2.24, 2.45) is 21.5 Å². The number of rotatable bonds is 4. The van der Waals surface area contributed by atoms with Crippen molar-refractivity contribution in [3.05, 3.63) is 58.1 Å². The Morgan fingerprint density at radius 1 is 0.966 bits per heavy atom. The maximum absolute atomic E-state index is 6.29. The fourth-order valence-corrected chi connectivity index (χ4v) is 5.14. The molecule has 4 rings (SSSR count). The maximum atomic E-state index is 6.29. The second-order valence-electron chi connectivity index (χ2n) is 7.35. The molecular weight excluding hydrogens is 425 g/mol. The van der Waals surface area contributed by atoms with E-state index in [1.54, 1.807) is 11.8 Å². The predicted octanol–water partition coefficient (Wildman–Crippen LogP) is 5.40. The molecule has 1 heterocycles. The Balaban J connectivity index is 1.52. The average molecular weight is 448 g/mol. The van der Waals surface area contributed by atoms with E-state index in [1.807, 2.05) is 18.2 Å². The van der Waals surface area contributed by atoms with Crippen molar-refractivity contribution < 1.29 is 0 Å². The Hall–Kier alpha value is -1.89. The van der Waals surface area contributed by atoms with Crippen molar-refractivity contribution in [3.8, 4) is 0 Å². The molecule has 0 saturated heterocycles. The lowest BCUT2D eigenvalue weighted by Crippen LogP contribution is -2.58. The van der Waals surface area contributed by atoms with Crippen LogP contribution >= 0.6 is 35.0 Å². The van der Waals surface area contributed by atoms with Gasteiger partial charge in [0.2, 0.25) is 11.9 Å². The summed E-state index contributed by atoms with van der Waals surface area (Å²) in [6, 6.07) is 14.1. The second-order valence-corrected chi connectivity index (χ2v) is 9.21. The van der Waals surface area contributed by atoms with E-state index < -0.39 is 5.66 Å². The number of thioether (sulfide) groups is 1. The van der Waals surface area contributed by atoms with E-state index in [2.05, 4.69) is 34.2 Å². The highest BCUT2D eigenvalue weighted by Crippen LogP contribution is 2.40. The second kappa shape index (κ2) is 8.46. The molecule has 0 radical (unpaired) electrons. The quantitative estimate of drug-likeness (QED) is 0.614. The van der Waals surface area contributed by atoms with Gasteiger partial charge in [0.05, 0.1) is 10.0 Å². The van der Waals surface area contributed by atoms with Crippen LogP contribution in [0, 0.1) is 0 Å². The smallest absolute Gasteiger partial charge is 0.220 e. The molecule has 152 valence electrons. The molecule has 29 heavy (non-hydrogen) atoms. The van der Waals surface area contributed by atoms with Gasteiger partial charge in [-0.2, -0.15) is 4.99 Å². The van der Waals surface area contributed by atoms with Crippen molar-refractivity contribution in [3.63, 3.8) is 0 Å². The van der Waals surface area contributed by atoms with E-state index in [0.717, 1.165) is 47.6 Å². The van der Waals surface area contributed by atoms with Crippen molar-refractivity contribution in [2.45, 2.75) is 48.4 Å². The van der Waals surface area contributed by atoms with Gasteiger partial charge in [-0.15, -0.1) is 11.8 Å². The fraction of sp³-hybridized carbons (Fsp3) is 0.333. The summed E-state index contributed by atoms with van der Waals surface area (Å²) < 4.78 is 0. The fourth-order valence-electron chi connectivity index (χ4n) is 3.98. The minimum absolute atomic E-state index is 0.273. The number of guanidine groups is 2. The zero-order chi connectivity index (χ0) is 20.4. The van der Waals surface area contributed by atoms with Gasteiger partial charge in [0.1, 0.15) is 5.66 Å². The highest BCUT2D eigenvalue weighted by Gasteiger charge is 2.42. The largest absolute Gasteiger partial charge is 0.369 e. The van der Waals surface area contributed by atoms with E-state index in [9.17, 15) is 0 Å². The van der Waals surface area contributed by atoms with Crippen molar-refractivity contribution >= 4 is 52.6 Å². The van der Waals surface area contributed by atoms with E-state index in [1.165, 1.54) is 6.42 Å². The van der Waals surface area contributed by atoms with Gasteiger partial charge in [-0.3, -0.25) is 4.90 Å². The van der Waals surface area contributed by atoms with Gasteiger partial charge >= 0.3 is 0 Å². The summed E-state index contributed by atoms with van der Waals surface area (Å²) in [7, 11) is 0. The zero-order valence-electron chi connectivity index (χ0n) is 15.9. The molecule has 1 saturated carbocycles. The molecule has 2 aromatic rings. The first-order valence-corrected chi connectivity index (χ1v) is 11.4. The number of nitrogens with zero attached hydrogens (tertiary/aromatic N) is 3. The van der Waals surface area contributed by atoms with E-state index in [4.69, 9.17) is 39.7 Å². The summed E-state index contributed by atoms with van der Waals surface area (Å²) in [6.45, 7) is 0. The summed E-state index contributed by atoms with van der Waals surface area (Å²) in [5, 5.41) is 1.16. The Bertz CT molecular complexity index is 952. The highest BCUT2D eigenvalue weighted by atomic mass is 35.5. The molecule has 1 fully saturated rings. The first-order chi connectivity index (χ1) is 14.0. The standard InChI is InChI=1S/C21H23Cl2N5S/c22-17-9-4-14(12-18(17)23)13-29-16-7-5-15(6-8-16)28-20(25)26-19(24)27-21(28)10-2-1-3-11-21/h4-9,12H,1-3,10-11,13H2,(H4,24,25,26,27). The van der Waals surface area contributed by atoms with Gasteiger partial charge in [-0.25, -0.2) is 4.99 Å². The van der Waals surface area contributed by atoms with Crippen LogP contribution in [0.2, 0.25) is 10.0 Å². The van der Waals surface area contributed by atoms with Crippen LogP contribution in [-0.4, -0.2) is 17.6 Å². The molecule has 2 aromatic carbocycles. The van der Waals surface area contributed by atoms with Crippen molar-refractivity contribution in [1.82, 2.24) is 0 Å². The number of benzene rings is 2. The van der Waals surface area contributed by atoms with E-state index >= 15 is 0 Å². The van der Waals surface area contributed by atoms with Crippen molar-refractivity contribution in [2.75, 3.05) is 4.90 Å². The molecule has 4 N–H and O–H groups in total. The van der Waals surface area contributed by atoms with Crippen LogP contribution in [0.15, 0.2) is 57.3 Å². The average Bonchev–Trinajstić information content (AvgIpc) is 2.70. The zero-order valence-corrected chi connectivity index (χ0v) is 18.3. The predicted molar refractivity (Wildman–Crippen MR) is 124 cm³/mol. The van der Waals surface area contributed by atoms with E-state index in [0.29, 0.717) is 16.0 Å². The molecule has 0 bridgehead atoms. The van der Waals surface area contributed by atoms with Crippen LogP contribution in [0.25, 0.3) is 0 Å². The molecule has 2 aliphatic rings. The molecule has 1 spiro atoms. The molecule has 8 heteroatoms. The van der Waals surface area contributed by atoms with E-state index in [-0.39, 0.29) is 5.96 Å². The van der Waals surface area contributed by atoms with Gasteiger partial charge in [-0.05, 0) is 67.6 Å². The Kier molecular flexibility index (Phi) is 5.95. The molecule has 0 amide bonds. The van der Waals surface area contributed by atoms with Crippen LogP contribution < -0.4 is 16.4 Å². The molecular formula is C21H23Cl2N5S. The molecule has 0 aromatic heterocycles. The molecule has 5 nitrogen and oxygen atoms in total. The van der Waals surface area contributed by atoms with Crippen LogP contribution in [0.3, 0.4) is 0 Å². The van der Waals surface area contributed by atoms with Crippen molar-refractivity contribution in [1.29, 1.82) is 0 Å². The van der Waals surface area contributed by atoms with Gasteiger partial charge in [0.15, 0.2) is 0 Å². The van der Waals surface area contributed by atoms with Gasteiger partial charge in [0.25, 0.3) is 0 Å². The number of halogens is 2. The third-order valence-electron chi connectivity index (χ3n) is 5.34. The third-order valence-corrected chi connectivity index (χ3v) is 7.16. The van der Waals surface area contributed by atoms with Crippen LogP contribution in [0.4, 0.5) is 5.69 Å². The normalized spacial score (nSPS) is 18.5. The number of hydrogen-bond donors (Lipinski definition) is 2. The number of anilines is 1.